The van der Waals surface area contributed by atoms with E-state index in [4.69, 9.17) is 14.2 Å². The Balaban J connectivity index is 1.63. The van der Waals surface area contributed by atoms with Crippen molar-refractivity contribution in [2.75, 3.05) is 26.9 Å². The molecule has 0 saturated carbocycles. The predicted octanol–water partition coefficient (Wildman–Crippen LogP) is 4.30. The fraction of sp³-hybridized carbons (Fsp3) is 0.409. The van der Waals surface area contributed by atoms with Gasteiger partial charge in [-0.1, -0.05) is 18.2 Å². The van der Waals surface area contributed by atoms with Crippen LogP contribution in [-0.4, -0.2) is 32.8 Å². The number of methoxy groups -OCH3 is 1. The molecule has 1 atom stereocenters. The molecule has 162 valence electrons. The lowest BCUT2D eigenvalue weighted by Gasteiger charge is -2.20. The van der Waals surface area contributed by atoms with E-state index in [1.54, 1.807) is 6.07 Å². The molecule has 3 rings (SSSR count). The molecule has 1 amide bonds. The van der Waals surface area contributed by atoms with Crippen LogP contribution in [0.5, 0.6) is 11.5 Å². The molecule has 0 aromatic heterocycles. The molecule has 0 saturated heterocycles. The Bertz CT molecular complexity index is 870. The molecular weight excluding hydrogens is 399 g/mol. The van der Waals surface area contributed by atoms with Gasteiger partial charge in [-0.05, 0) is 41.8 Å². The average molecular weight is 423 g/mol. The summed E-state index contributed by atoms with van der Waals surface area (Å²) in [5.74, 6) is 1.07. The van der Waals surface area contributed by atoms with Gasteiger partial charge in [0.15, 0.2) is 11.5 Å². The summed E-state index contributed by atoms with van der Waals surface area (Å²) in [4.78, 5) is 12.5. The second-order valence-corrected chi connectivity index (χ2v) is 7.03. The van der Waals surface area contributed by atoms with Crippen LogP contribution < -0.4 is 14.8 Å². The first-order chi connectivity index (χ1) is 14.4. The third-order valence-corrected chi connectivity index (χ3v) is 4.74. The molecular formula is C22H24F3NO4. The number of halogens is 3. The number of rotatable bonds is 7. The van der Waals surface area contributed by atoms with Crippen LogP contribution in [0.15, 0.2) is 42.5 Å². The Morgan fingerprint density at radius 3 is 2.63 bits per heavy atom. The van der Waals surface area contributed by atoms with Gasteiger partial charge >= 0.3 is 6.18 Å². The number of fused-ring (bicyclic) bond motifs is 1. The van der Waals surface area contributed by atoms with E-state index in [0.717, 1.165) is 24.1 Å². The van der Waals surface area contributed by atoms with Crippen LogP contribution in [0, 0.1) is 0 Å². The summed E-state index contributed by atoms with van der Waals surface area (Å²) in [6.45, 7) is 1.24. The van der Waals surface area contributed by atoms with Crippen molar-refractivity contribution in [3.8, 4) is 11.5 Å². The minimum Gasteiger partial charge on any atom is -0.490 e. The van der Waals surface area contributed by atoms with E-state index in [1.165, 1.54) is 13.2 Å². The van der Waals surface area contributed by atoms with Gasteiger partial charge in [0.25, 0.3) is 0 Å². The second kappa shape index (κ2) is 9.84. The highest BCUT2D eigenvalue weighted by atomic mass is 19.4. The van der Waals surface area contributed by atoms with E-state index < -0.39 is 17.8 Å². The van der Waals surface area contributed by atoms with Gasteiger partial charge in [0.1, 0.15) is 0 Å². The molecule has 2 aromatic carbocycles. The number of nitrogens with one attached hydrogen (secondary N) is 1. The Labute approximate surface area is 173 Å². The molecule has 0 bridgehead atoms. The minimum atomic E-state index is -4.45. The number of ether oxygens (including phenoxy) is 3. The van der Waals surface area contributed by atoms with Crippen LogP contribution in [0.1, 0.15) is 35.6 Å². The Kier molecular flexibility index (Phi) is 7.20. The van der Waals surface area contributed by atoms with Crippen LogP contribution in [0.2, 0.25) is 0 Å². The van der Waals surface area contributed by atoms with Gasteiger partial charge in [-0.15, -0.1) is 0 Å². The largest absolute Gasteiger partial charge is 0.490 e. The maximum absolute atomic E-state index is 13.0. The number of hydrogen-bond donors (Lipinski definition) is 1. The summed E-state index contributed by atoms with van der Waals surface area (Å²) in [5, 5.41) is 2.77. The molecule has 30 heavy (non-hydrogen) atoms. The summed E-state index contributed by atoms with van der Waals surface area (Å²) in [7, 11) is 1.44. The normalized spacial score (nSPS) is 14.7. The van der Waals surface area contributed by atoms with Crippen LogP contribution >= 0.6 is 0 Å². The van der Waals surface area contributed by atoms with Crippen LogP contribution in [-0.2, 0) is 22.1 Å². The van der Waals surface area contributed by atoms with Crippen molar-refractivity contribution in [2.45, 2.75) is 31.5 Å². The molecule has 1 aliphatic heterocycles. The van der Waals surface area contributed by atoms with Crippen molar-refractivity contribution in [1.82, 2.24) is 5.32 Å². The summed E-state index contributed by atoms with van der Waals surface area (Å²) in [6.07, 6.45) is -3.00. The van der Waals surface area contributed by atoms with E-state index in [1.807, 2.05) is 18.2 Å². The Morgan fingerprint density at radius 2 is 1.90 bits per heavy atom. The van der Waals surface area contributed by atoms with E-state index in [0.29, 0.717) is 36.7 Å². The molecule has 0 radical (unpaired) electrons. The number of hydrogen-bond acceptors (Lipinski definition) is 4. The molecule has 8 heteroatoms. The highest BCUT2D eigenvalue weighted by Gasteiger charge is 2.31. The van der Waals surface area contributed by atoms with Crippen molar-refractivity contribution in [2.24, 2.45) is 0 Å². The SMILES string of the molecule is COCC(NC(=O)CCc1ccc2c(c1)OCCCO2)c1cccc(C(F)(F)F)c1. The van der Waals surface area contributed by atoms with Gasteiger partial charge in [-0.3, -0.25) is 4.79 Å². The maximum Gasteiger partial charge on any atom is 0.416 e. The molecule has 5 nitrogen and oxygen atoms in total. The van der Waals surface area contributed by atoms with E-state index in [2.05, 4.69) is 5.32 Å². The Hall–Kier alpha value is -2.74. The smallest absolute Gasteiger partial charge is 0.416 e. The van der Waals surface area contributed by atoms with Crippen molar-refractivity contribution in [3.63, 3.8) is 0 Å². The first-order valence-electron chi connectivity index (χ1n) is 9.71. The third kappa shape index (κ3) is 5.89. The number of alkyl halides is 3. The molecule has 1 heterocycles. The zero-order chi connectivity index (χ0) is 21.6. The van der Waals surface area contributed by atoms with E-state index in [9.17, 15) is 18.0 Å². The zero-order valence-electron chi connectivity index (χ0n) is 16.6. The van der Waals surface area contributed by atoms with Crippen molar-refractivity contribution < 1.29 is 32.2 Å². The molecule has 0 spiro atoms. The highest BCUT2D eigenvalue weighted by Crippen LogP contribution is 2.32. The van der Waals surface area contributed by atoms with E-state index >= 15 is 0 Å². The van der Waals surface area contributed by atoms with Crippen LogP contribution in [0.4, 0.5) is 13.2 Å². The molecule has 2 aromatic rings. The minimum absolute atomic E-state index is 0.0665. The van der Waals surface area contributed by atoms with Crippen LogP contribution in [0.25, 0.3) is 0 Å². The van der Waals surface area contributed by atoms with Gasteiger partial charge in [-0.2, -0.15) is 13.2 Å². The zero-order valence-corrected chi connectivity index (χ0v) is 16.6. The fourth-order valence-corrected chi connectivity index (χ4v) is 3.21. The molecule has 1 aliphatic rings. The van der Waals surface area contributed by atoms with Gasteiger partial charge < -0.3 is 19.5 Å². The van der Waals surface area contributed by atoms with Gasteiger partial charge in [0.05, 0.1) is 31.4 Å². The summed E-state index contributed by atoms with van der Waals surface area (Å²) in [6, 6.07) is 9.78. The van der Waals surface area contributed by atoms with Crippen molar-refractivity contribution >= 4 is 5.91 Å². The highest BCUT2D eigenvalue weighted by molar-refractivity contribution is 5.76. The molecule has 0 aliphatic carbocycles. The van der Waals surface area contributed by atoms with Gasteiger partial charge in [-0.25, -0.2) is 0 Å². The number of amides is 1. The first kappa shape index (κ1) is 22.0. The Morgan fingerprint density at radius 1 is 1.13 bits per heavy atom. The lowest BCUT2D eigenvalue weighted by Crippen LogP contribution is -2.31. The number of carbonyl (C=O) groups is 1. The van der Waals surface area contributed by atoms with Crippen LogP contribution in [0.3, 0.4) is 0 Å². The monoisotopic (exact) mass is 423 g/mol. The summed E-state index contributed by atoms with van der Waals surface area (Å²) < 4.78 is 55.3. The molecule has 0 fully saturated rings. The number of aryl methyl sites for hydroxylation is 1. The molecule has 1 N–H and O–H groups in total. The second-order valence-electron chi connectivity index (χ2n) is 7.03. The summed E-state index contributed by atoms with van der Waals surface area (Å²) in [5.41, 5.74) is 0.495. The van der Waals surface area contributed by atoms with Gasteiger partial charge in [0, 0.05) is 20.0 Å². The van der Waals surface area contributed by atoms with Gasteiger partial charge in [0.2, 0.25) is 5.91 Å². The van der Waals surface area contributed by atoms with Crippen molar-refractivity contribution in [3.05, 3.63) is 59.2 Å². The lowest BCUT2D eigenvalue weighted by molar-refractivity contribution is -0.137. The third-order valence-electron chi connectivity index (χ3n) is 4.74. The van der Waals surface area contributed by atoms with Crippen molar-refractivity contribution in [1.29, 1.82) is 0 Å². The number of carbonyl (C=O) groups excluding carboxylic acids is 1. The molecule has 1 unspecified atom stereocenters. The topological polar surface area (TPSA) is 56.8 Å². The quantitative estimate of drug-likeness (QED) is 0.721. The predicted molar refractivity (Wildman–Crippen MR) is 105 cm³/mol. The average Bonchev–Trinajstić information content (AvgIpc) is 2.96. The standard InChI is InChI=1S/C22H24F3NO4/c1-28-14-18(16-4-2-5-17(13-16)22(23,24)25)26-21(27)9-7-15-6-8-19-20(12-15)30-11-3-10-29-19/h2,4-6,8,12-13,18H,3,7,9-11,14H2,1H3,(H,26,27). The maximum atomic E-state index is 13.0. The fourth-order valence-electron chi connectivity index (χ4n) is 3.21. The number of benzene rings is 2. The first-order valence-corrected chi connectivity index (χ1v) is 9.71. The summed E-state index contributed by atoms with van der Waals surface area (Å²) >= 11 is 0. The lowest BCUT2D eigenvalue weighted by atomic mass is 10.0. The van der Waals surface area contributed by atoms with E-state index in [-0.39, 0.29) is 18.9 Å².